The summed E-state index contributed by atoms with van der Waals surface area (Å²) in [6.45, 7) is 0. The molecule has 3 aromatic carbocycles. The van der Waals surface area contributed by atoms with Crippen LogP contribution in [0.15, 0.2) is 72.9 Å². The van der Waals surface area contributed by atoms with E-state index in [1.807, 2.05) is 35.6 Å². The van der Waals surface area contributed by atoms with Crippen molar-refractivity contribution in [2.24, 2.45) is 0 Å². The molecule has 0 saturated carbocycles. The number of aromatic nitrogens is 2. The maximum atomic E-state index is 12.3. The Morgan fingerprint density at radius 1 is 0.833 bits per heavy atom. The predicted octanol–water partition coefficient (Wildman–Crippen LogP) is 6.12. The van der Waals surface area contributed by atoms with Crippen molar-refractivity contribution in [3.05, 3.63) is 77.9 Å². The molecule has 0 atom stereocenters. The summed E-state index contributed by atoms with van der Waals surface area (Å²) in [5.74, 6) is -2.00. The van der Waals surface area contributed by atoms with Crippen LogP contribution in [0.25, 0.3) is 33.4 Å². The first kappa shape index (κ1) is 19.8. The number of anilines is 1. The first-order valence-electron chi connectivity index (χ1n) is 8.81. The Balaban J connectivity index is 1.53. The minimum Gasteiger partial charge on any atom is -0.318 e. The topological polar surface area (TPSA) is 54.9 Å². The highest BCUT2D eigenvalue weighted by atomic mass is 35.5. The monoisotopic (exact) mass is 427 g/mol. The molecule has 4 nitrogen and oxygen atoms in total. The molecule has 0 saturated heterocycles. The third kappa shape index (κ3) is 4.26. The quantitative estimate of drug-likeness (QED) is 0.428. The Hall–Kier alpha value is -3.45. The summed E-state index contributed by atoms with van der Waals surface area (Å²) >= 11 is 5.97. The number of amides is 1. The molecule has 0 unspecified atom stereocenters. The minimum atomic E-state index is -4.92. The molecule has 0 aliphatic heterocycles. The van der Waals surface area contributed by atoms with Crippen LogP contribution in [0, 0.1) is 0 Å². The molecule has 1 heterocycles. The molecular formula is C22H13ClF3N3O. The summed E-state index contributed by atoms with van der Waals surface area (Å²) < 4.78 is 37.0. The van der Waals surface area contributed by atoms with Gasteiger partial charge in [0.05, 0.1) is 22.9 Å². The predicted molar refractivity (Wildman–Crippen MR) is 110 cm³/mol. The van der Waals surface area contributed by atoms with E-state index in [-0.39, 0.29) is 5.69 Å². The smallest absolute Gasteiger partial charge is 0.318 e. The molecule has 4 aromatic rings. The van der Waals surface area contributed by atoms with Crippen LogP contribution in [0.3, 0.4) is 0 Å². The van der Waals surface area contributed by atoms with Crippen LogP contribution in [-0.2, 0) is 4.79 Å². The van der Waals surface area contributed by atoms with Gasteiger partial charge < -0.3 is 5.32 Å². The Kier molecular flexibility index (Phi) is 5.13. The number of rotatable bonds is 3. The van der Waals surface area contributed by atoms with Gasteiger partial charge in [-0.25, -0.2) is 4.98 Å². The van der Waals surface area contributed by atoms with E-state index in [0.29, 0.717) is 16.2 Å². The molecule has 1 aromatic heterocycles. The van der Waals surface area contributed by atoms with Gasteiger partial charge in [0.25, 0.3) is 0 Å². The number of nitrogens with one attached hydrogen (secondary N) is 1. The van der Waals surface area contributed by atoms with E-state index >= 15 is 0 Å². The minimum absolute atomic E-state index is 0.0734. The summed E-state index contributed by atoms with van der Waals surface area (Å²) in [5, 5.41) is 2.42. The van der Waals surface area contributed by atoms with E-state index in [4.69, 9.17) is 11.6 Å². The number of nitrogens with zero attached hydrogens (tertiary/aromatic N) is 2. The average molecular weight is 428 g/mol. The van der Waals surface area contributed by atoms with Gasteiger partial charge in [-0.3, -0.25) is 9.78 Å². The molecular weight excluding hydrogens is 415 g/mol. The van der Waals surface area contributed by atoms with E-state index in [0.717, 1.165) is 22.2 Å². The number of halogens is 4. The molecule has 30 heavy (non-hydrogen) atoms. The molecule has 0 fully saturated rings. The highest BCUT2D eigenvalue weighted by Gasteiger charge is 2.38. The summed E-state index contributed by atoms with van der Waals surface area (Å²) in [6, 6.07) is 19.0. The van der Waals surface area contributed by atoms with Crippen LogP contribution < -0.4 is 5.32 Å². The molecule has 0 aliphatic rings. The zero-order valence-electron chi connectivity index (χ0n) is 15.2. The van der Waals surface area contributed by atoms with E-state index in [1.54, 1.807) is 30.5 Å². The van der Waals surface area contributed by atoms with Crippen molar-refractivity contribution in [3.8, 4) is 22.4 Å². The van der Waals surface area contributed by atoms with Crippen molar-refractivity contribution in [2.75, 3.05) is 5.32 Å². The Morgan fingerprint density at radius 3 is 2.07 bits per heavy atom. The van der Waals surface area contributed by atoms with Gasteiger partial charge in [0.1, 0.15) is 0 Å². The largest absolute Gasteiger partial charge is 0.471 e. The Bertz CT molecular complexity index is 1220. The fraction of sp³-hybridized carbons (Fsp3) is 0.0455. The van der Waals surface area contributed by atoms with Crippen molar-refractivity contribution in [2.45, 2.75) is 6.18 Å². The lowest BCUT2D eigenvalue weighted by atomic mass is 10.0. The normalized spacial score (nSPS) is 11.5. The number of hydrogen-bond donors (Lipinski definition) is 1. The van der Waals surface area contributed by atoms with Gasteiger partial charge in [0, 0.05) is 16.3 Å². The van der Waals surface area contributed by atoms with Gasteiger partial charge in [0.2, 0.25) is 0 Å². The standard InChI is InChI=1S/C22H13ClF3N3O/c23-16-7-10-18-19(11-16)27-12-20(29-18)15-3-1-13(2-4-15)14-5-8-17(9-6-14)28-21(30)22(24,25)26/h1-12H,(H,28,30). The second-order valence-electron chi connectivity index (χ2n) is 6.49. The molecule has 0 spiro atoms. The summed E-state index contributed by atoms with van der Waals surface area (Å²) in [5.41, 5.74) is 4.76. The number of hydrogen-bond acceptors (Lipinski definition) is 3. The molecule has 1 N–H and O–H groups in total. The zero-order valence-corrected chi connectivity index (χ0v) is 16.0. The molecule has 8 heteroatoms. The highest BCUT2D eigenvalue weighted by Crippen LogP contribution is 2.27. The fourth-order valence-electron chi connectivity index (χ4n) is 2.90. The lowest BCUT2D eigenvalue weighted by molar-refractivity contribution is -0.167. The second-order valence-corrected chi connectivity index (χ2v) is 6.93. The first-order chi connectivity index (χ1) is 14.3. The van der Waals surface area contributed by atoms with Crippen LogP contribution in [0.5, 0.6) is 0 Å². The van der Waals surface area contributed by atoms with E-state index in [9.17, 15) is 18.0 Å². The first-order valence-corrected chi connectivity index (χ1v) is 9.19. The Labute approximate surface area is 174 Å². The molecule has 0 aliphatic carbocycles. The molecule has 1 amide bonds. The summed E-state index contributed by atoms with van der Waals surface area (Å²) in [4.78, 5) is 20.0. The zero-order chi connectivity index (χ0) is 21.3. The fourth-order valence-corrected chi connectivity index (χ4v) is 3.07. The molecule has 0 bridgehead atoms. The average Bonchev–Trinajstić information content (AvgIpc) is 2.73. The van der Waals surface area contributed by atoms with Crippen molar-refractivity contribution in [1.82, 2.24) is 9.97 Å². The maximum Gasteiger partial charge on any atom is 0.471 e. The van der Waals surface area contributed by atoms with Crippen molar-refractivity contribution < 1.29 is 18.0 Å². The van der Waals surface area contributed by atoms with Crippen LogP contribution in [0.1, 0.15) is 0 Å². The maximum absolute atomic E-state index is 12.3. The van der Waals surface area contributed by atoms with E-state index in [2.05, 4.69) is 9.97 Å². The number of carbonyl (C=O) groups excluding carboxylic acids is 1. The van der Waals surface area contributed by atoms with Crippen molar-refractivity contribution in [3.63, 3.8) is 0 Å². The van der Waals surface area contributed by atoms with E-state index in [1.165, 1.54) is 12.1 Å². The number of carbonyl (C=O) groups is 1. The molecule has 0 radical (unpaired) electrons. The number of benzene rings is 3. The number of alkyl halides is 3. The molecule has 150 valence electrons. The summed E-state index contributed by atoms with van der Waals surface area (Å²) in [6.07, 6.45) is -3.25. The van der Waals surface area contributed by atoms with Gasteiger partial charge in [-0.1, -0.05) is 48.0 Å². The van der Waals surface area contributed by atoms with Crippen LogP contribution >= 0.6 is 11.6 Å². The van der Waals surface area contributed by atoms with Gasteiger partial charge >= 0.3 is 12.1 Å². The summed E-state index contributed by atoms with van der Waals surface area (Å²) in [7, 11) is 0. The van der Waals surface area contributed by atoms with Crippen LogP contribution in [0.2, 0.25) is 5.02 Å². The lowest BCUT2D eigenvalue weighted by Gasteiger charge is -2.09. The van der Waals surface area contributed by atoms with Gasteiger partial charge in [0.15, 0.2) is 0 Å². The van der Waals surface area contributed by atoms with Crippen molar-refractivity contribution in [1.29, 1.82) is 0 Å². The van der Waals surface area contributed by atoms with Crippen LogP contribution in [-0.4, -0.2) is 22.1 Å². The van der Waals surface area contributed by atoms with E-state index < -0.39 is 12.1 Å². The van der Waals surface area contributed by atoms with Crippen molar-refractivity contribution >= 4 is 34.2 Å². The number of fused-ring (bicyclic) bond motifs is 1. The SMILES string of the molecule is O=C(Nc1ccc(-c2ccc(-c3cnc4cc(Cl)ccc4n3)cc2)cc1)C(F)(F)F. The highest BCUT2D eigenvalue weighted by molar-refractivity contribution is 6.31. The Morgan fingerprint density at radius 2 is 1.43 bits per heavy atom. The third-order valence-electron chi connectivity index (χ3n) is 4.42. The van der Waals surface area contributed by atoms with Gasteiger partial charge in [-0.2, -0.15) is 13.2 Å². The van der Waals surface area contributed by atoms with Gasteiger partial charge in [-0.15, -0.1) is 0 Å². The lowest BCUT2D eigenvalue weighted by Crippen LogP contribution is -2.29. The van der Waals surface area contributed by atoms with Gasteiger partial charge in [-0.05, 0) is 41.5 Å². The van der Waals surface area contributed by atoms with Crippen LogP contribution in [0.4, 0.5) is 18.9 Å². The third-order valence-corrected chi connectivity index (χ3v) is 4.65. The molecule has 4 rings (SSSR count). The second kappa shape index (κ2) is 7.76.